The molecule has 6 rings (SSSR count). The molecule has 1 aromatic carbocycles. The third kappa shape index (κ3) is 3.22. The highest BCUT2D eigenvalue weighted by Crippen LogP contribution is 2.60. The summed E-state index contributed by atoms with van der Waals surface area (Å²) in [4.78, 5) is 25.6. The number of amides is 2. The Morgan fingerprint density at radius 1 is 1.00 bits per heavy atom. The van der Waals surface area contributed by atoms with Crippen LogP contribution in [0.25, 0.3) is 5.69 Å². The molecule has 4 saturated carbocycles. The molecule has 2 N–H and O–H groups in total. The average Bonchev–Trinajstić information content (AvgIpc) is 2.98. The second kappa shape index (κ2) is 7.12. The molecule has 0 saturated heterocycles. The molecule has 158 valence electrons. The summed E-state index contributed by atoms with van der Waals surface area (Å²) in [5.41, 5.74) is 8.02. The monoisotopic (exact) mass is 426 g/mol. The zero-order valence-electron chi connectivity index (χ0n) is 17.4. The second-order valence-corrected chi connectivity index (χ2v) is 9.93. The maximum absolute atomic E-state index is 13.0. The highest BCUT2D eigenvalue weighted by molar-refractivity contribution is 6.31. The quantitative estimate of drug-likeness (QED) is 0.725. The molecule has 4 bridgehead atoms. The first-order valence-corrected chi connectivity index (χ1v) is 11.2. The van der Waals surface area contributed by atoms with Gasteiger partial charge in [0.15, 0.2) is 0 Å². The van der Waals surface area contributed by atoms with Crippen molar-refractivity contribution in [1.29, 1.82) is 0 Å². The van der Waals surface area contributed by atoms with Crippen LogP contribution >= 0.6 is 11.6 Å². The molecule has 30 heavy (non-hydrogen) atoms. The van der Waals surface area contributed by atoms with E-state index in [0.717, 1.165) is 36.3 Å². The first-order valence-electron chi connectivity index (χ1n) is 10.8. The number of halogens is 1. The van der Waals surface area contributed by atoms with Crippen molar-refractivity contribution >= 4 is 23.4 Å². The van der Waals surface area contributed by atoms with Crippen LogP contribution < -0.4 is 10.9 Å². The van der Waals surface area contributed by atoms with Gasteiger partial charge < -0.3 is 0 Å². The SMILES string of the molecule is Cc1nn(-c2ccc(C(=O)NNC(=O)C34CC5CC(CC(C5)C3)C4)cc2)c(C)c1Cl. The standard InChI is InChI=1S/C23H27ClN4O2/c1-13-20(24)14(2)28(27-13)19-5-3-18(4-6-19)21(29)25-26-22(30)23-10-15-7-16(11-23)9-17(8-15)12-23/h3-6,15-17H,7-12H2,1-2H3,(H,25,29)(H,26,30). The summed E-state index contributed by atoms with van der Waals surface area (Å²) in [6, 6.07) is 7.11. The van der Waals surface area contributed by atoms with Crippen LogP contribution in [0.15, 0.2) is 24.3 Å². The fourth-order valence-electron chi connectivity index (χ4n) is 6.34. The molecular formula is C23H27ClN4O2. The molecule has 4 aliphatic rings. The van der Waals surface area contributed by atoms with Crippen LogP contribution in [0.1, 0.15) is 60.3 Å². The Morgan fingerprint density at radius 2 is 1.57 bits per heavy atom. The number of hydrogen-bond donors (Lipinski definition) is 2. The number of hydrazine groups is 1. The number of rotatable bonds is 3. The summed E-state index contributed by atoms with van der Waals surface area (Å²) in [6.07, 6.45) is 6.77. The minimum Gasteiger partial charge on any atom is -0.273 e. The summed E-state index contributed by atoms with van der Waals surface area (Å²) in [7, 11) is 0. The van der Waals surface area contributed by atoms with E-state index >= 15 is 0 Å². The molecule has 6 nitrogen and oxygen atoms in total. The largest absolute Gasteiger partial charge is 0.273 e. The molecule has 1 aromatic heterocycles. The average molecular weight is 427 g/mol. The van der Waals surface area contributed by atoms with Gasteiger partial charge in [-0.05, 0) is 94.4 Å². The van der Waals surface area contributed by atoms with Crippen LogP contribution in [0.3, 0.4) is 0 Å². The lowest BCUT2D eigenvalue weighted by Crippen LogP contribution is -2.56. The van der Waals surface area contributed by atoms with Crippen LogP contribution in [0.5, 0.6) is 0 Å². The Hall–Kier alpha value is -2.34. The lowest BCUT2D eigenvalue weighted by atomic mass is 9.49. The predicted octanol–water partition coefficient (Wildman–Crippen LogP) is 4.12. The molecule has 0 unspecified atom stereocenters. The van der Waals surface area contributed by atoms with Gasteiger partial charge >= 0.3 is 0 Å². The summed E-state index contributed by atoms with van der Waals surface area (Å²) in [5, 5.41) is 5.07. The van der Waals surface area contributed by atoms with Gasteiger partial charge in [0, 0.05) is 5.56 Å². The molecule has 1 heterocycles. The lowest BCUT2D eigenvalue weighted by molar-refractivity contribution is -0.147. The number of carbonyl (C=O) groups excluding carboxylic acids is 2. The van der Waals surface area contributed by atoms with Crippen LogP contribution in [-0.4, -0.2) is 21.6 Å². The van der Waals surface area contributed by atoms with Crippen molar-refractivity contribution in [3.63, 3.8) is 0 Å². The van der Waals surface area contributed by atoms with Gasteiger partial charge in [-0.2, -0.15) is 5.10 Å². The number of hydrogen-bond acceptors (Lipinski definition) is 3. The van der Waals surface area contributed by atoms with E-state index in [4.69, 9.17) is 11.6 Å². The van der Waals surface area contributed by atoms with Crippen LogP contribution in [0.2, 0.25) is 5.02 Å². The molecule has 4 aliphatic carbocycles. The van der Waals surface area contributed by atoms with E-state index in [1.807, 2.05) is 26.0 Å². The van der Waals surface area contributed by atoms with Gasteiger partial charge in [0.25, 0.3) is 5.91 Å². The molecular weight excluding hydrogens is 400 g/mol. The Bertz CT molecular complexity index is 976. The van der Waals surface area contributed by atoms with Gasteiger partial charge in [0.1, 0.15) is 0 Å². The number of benzene rings is 1. The van der Waals surface area contributed by atoms with Crippen molar-refractivity contribution in [2.75, 3.05) is 0 Å². The Kier molecular flexibility index (Phi) is 4.65. The zero-order chi connectivity index (χ0) is 21.0. The number of nitrogens with zero attached hydrogens (tertiary/aromatic N) is 2. The van der Waals surface area contributed by atoms with E-state index in [2.05, 4.69) is 16.0 Å². The summed E-state index contributed by atoms with van der Waals surface area (Å²) in [6.45, 7) is 3.77. The number of nitrogens with one attached hydrogen (secondary N) is 2. The fourth-order valence-corrected chi connectivity index (χ4v) is 6.45. The van der Waals surface area contributed by atoms with Gasteiger partial charge in [0.05, 0.1) is 27.5 Å². The van der Waals surface area contributed by atoms with Crippen molar-refractivity contribution in [2.24, 2.45) is 23.2 Å². The number of aryl methyl sites for hydroxylation is 1. The van der Waals surface area contributed by atoms with Gasteiger partial charge in [0.2, 0.25) is 5.91 Å². The zero-order valence-corrected chi connectivity index (χ0v) is 18.1. The first kappa shape index (κ1) is 19.6. The van der Waals surface area contributed by atoms with E-state index < -0.39 is 0 Å². The molecule has 2 aromatic rings. The van der Waals surface area contributed by atoms with Gasteiger partial charge in [-0.3, -0.25) is 20.4 Å². The van der Waals surface area contributed by atoms with Gasteiger partial charge in [-0.1, -0.05) is 11.6 Å². The van der Waals surface area contributed by atoms with E-state index in [1.54, 1.807) is 16.8 Å². The normalized spacial score (nSPS) is 29.1. The van der Waals surface area contributed by atoms with Crippen molar-refractivity contribution in [3.05, 3.63) is 46.2 Å². The topological polar surface area (TPSA) is 76.0 Å². The maximum Gasteiger partial charge on any atom is 0.269 e. The van der Waals surface area contributed by atoms with Gasteiger partial charge in [-0.15, -0.1) is 0 Å². The van der Waals surface area contributed by atoms with E-state index in [-0.39, 0.29) is 17.2 Å². The Balaban J connectivity index is 1.24. The maximum atomic E-state index is 13.0. The molecule has 2 amide bonds. The highest BCUT2D eigenvalue weighted by Gasteiger charge is 2.54. The Labute approximate surface area is 181 Å². The fraction of sp³-hybridized carbons (Fsp3) is 0.522. The smallest absolute Gasteiger partial charge is 0.269 e. The highest BCUT2D eigenvalue weighted by atomic mass is 35.5. The number of aromatic nitrogens is 2. The van der Waals surface area contributed by atoms with Crippen LogP contribution in [-0.2, 0) is 4.79 Å². The van der Waals surface area contributed by atoms with Gasteiger partial charge in [-0.25, -0.2) is 4.68 Å². The van der Waals surface area contributed by atoms with E-state index in [9.17, 15) is 9.59 Å². The van der Waals surface area contributed by atoms with E-state index in [1.165, 1.54) is 19.3 Å². The molecule has 7 heteroatoms. The Morgan fingerprint density at radius 3 is 2.07 bits per heavy atom. The molecule has 4 fully saturated rings. The summed E-state index contributed by atoms with van der Waals surface area (Å²) in [5.74, 6) is 1.74. The van der Waals surface area contributed by atoms with E-state index in [0.29, 0.717) is 28.3 Å². The van der Waals surface area contributed by atoms with Crippen molar-refractivity contribution in [1.82, 2.24) is 20.6 Å². The van der Waals surface area contributed by atoms with Crippen molar-refractivity contribution < 1.29 is 9.59 Å². The van der Waals surface area contributed by atoms with Crippen molar-refractivity contribution in [2.45, 2.75) is 52.4 Å². The number of carbonyl (C=O) groups is 2. The minimum absolute atomic E-state index is 0.0103. The van der Waals surface area contributed by atoms with Crippen LogP contribution in [0, 0.1) is 37.0 Å². The minimum atomic E-state index is -0.314. The molecule has 0 aliphatic heterocycles. The third-order valence-electron chi connectivity index (χ3n) is 7.39. The lowest BCUT2D eigenvalue weighted by Gasteiger charge is -2.55. The second-order valence-electron chi connectivity index (χ2n) is 9.55. The summed E-state index contributed by atoms with van der Waals surface area (Å²) >= 11 is 6.23. The molecule has 0 atom stereocenters. The molecule has 0 spiro atoms. The van der Waals surface area contributed by atoms with Crippen molar-refractivity contribution in [3.8, 4) is 5.69 Å². The first-order chi connectivity index (χ1) is 14.3. The molecule has 0 radical (unpaired) electrons. The summed E-state index contributed by atoms with van der Waals surface area (Å²) < 4.78 is 1.76. The van der Waals surface area contributed by atoms with Crippen LogP contribution in [0.4, 0.5) is 0 Å². The predicted molar refractivity (Wildman–Crippen MR) is 114 cm³/mol. The third-order valence-corrected chi connectivity index (χ3v) is 7.93.